The van der Waals surface area contributed by atoms with Crippen molar-refractivity contribution < 1.29 is 0 Å². The molecule has 0 saturated carbocycles. The molecule has 0 fully saturated rings. The highest BCUT2D eigenvalue weighted by molar-refractivity contribution is 7.12. The molecule has 2 aromatic rings. The fourth-order valence-corrected chi connectivity index (χ4v) is 2.37. The summed E-state index contributed by atoms with van der Waals surface area (Å²) in [6, 6.07) is 2.14. The Balaban J connectivity index is 2.51. The van der Waals surface area contributed by atoms with Gasteiger partial charge in [-0.05, 0) is 22.4 Å². The second kappa shape index (κ2) is 3.20. The molecule has 2 rings (SSSR count). The molecular weight excluding hydrogens is 194 g/mol. The molecule has 0 aliphatic rings. The highest BCUT2D eigenvalue weighted by atomic mass is 32.1. The monoisotopic (exact) mass is 207 g/mol. The van der Waals surface area contributed by atoms with Crippen molar-refractivity contribution in [2.75, 3.05) is 0 Å². The Hall–Kier alpha value is -1.16. The molecule has 0 saturated heterocycles. The van der Waals surface area contributed by atoms with Crippen molar-refractivity contribution in [2.24, 2.45) is 0 Å². The lowest BCUT2D eigenvalue weighted by Gasteiger charge is -2.18. The minimum atomic E-state index is 0.142. The average molecular weight is 207 g/mol. The van der Waals surface area contributed by atoms with E-state index >= 15 is 0 Å². The van der Waals surface area contributed by atoms with Gasteiger partial charge in [0, 0.05) is 0 Å². The molecule has 2 aromatic heterocycles. The molecule has 0 atom stereocenters. The van der Waals surface area contributed by atoms with E-state index in [0.717, 1.165) is 5.00 Å². The van der Waals surface area contributed by atoms with Crippen LogP contribution in [-0.4, -0.2) is 15.0 Å². The summed E-state index contributed by atoms with van der Waals surface area (Å²) in [5, 5.41) is 11.5. The van der Waals surface area contributed by atoms with E-state index in [1.807, 2.05) is 0 Å². The first-order valence-corrected chi connectivity index (χ1v) is 5.41. The zero-order chi connectivity index (χ0) is 10.2. The highest BCUT2D eigenvalue weighted by Gasteiger charge is 2.20. The SMILES string of the molecule is CC(C)(C)c1ccsc1-n1nccn1. The lowest BCUT2D eigenvalue weighted by molar-refractivity contribution is 0.582. The third kappa shape index (κ3) is 1.57. The van der Waals surface area contributed by atoms with Gasteiger partial charge in [0.15, 0.2) is 0 Å². The number of hydrogen-bond donors (Lipinski definition) is 0. The van der Waals surface area contributed by atoms with Crippen LogP contribution in [0.25, 0.3) is 5.00 Å². The summed E-state index contributed by atoms with van der Waals surface area (Å²) in [5.41, 5.74) is 1.43. The van der Waals surface area contributed by atoms with Crippen LogP contribution >= 0.6 is 11.3 Å². The Kier molecular flexibility index (Phi) is 2.15. The van der Waals surface area contributed by atoms with E-state index in [2.05, 4.69) is 42.4 Å². The molecule has 0 aliphatic heterocycles. The lowest BCUT2D eigenvalue weighted by Crippen LogP contribution is -2.13. The summed E-state index contributed by atoms with van der Waals surface area (Å²) in [7, 11) is 0. The van der Waals surface area contributed by atoms with Gasteiger partial charge >= 0.3 is 0 Å². The van der Waals surface area contributed by atoms with E-state index in [1.165, 1.54) is 5.56 Å². The lowest BCUT2D eigenvalue weighted by atomic mass is 9.89. The van der Waals surface area contributed by atoms with Crippen molar-refractivity contribution in [3.05, 3.63) is 29.4 Å². The minimum absolute atomic E-state index is 0.142. The predicted molar refractivity (Wildman–Crippen MR) is 57.9 cm³/mol. The van der Waals surface area contributed by atoms with Crippen LogP contribution in [0.1, 0.15) is 26.3 Å². The standard InChI is InChI=1S/C10H13N3S/c1-10(2,3)8-4-7-14-9(8)13-11-5-6-12-13/h4-7H,1-3H3. The van der Waals surface area contributed by atoms with Crippen molar-refractivity contribution in [1.82, 2.24) is 15.0 Å². The summed E-state index contributed by atoms with van der Waals surface area (Å²) in [6.45, 7) is 6.59. The van der Waals surface area contributed by atoms with Gasteiger partial charge in [-0.15, -0.1) is 16.1 Å². The number of hydrogen-bond acceptors (Lipinski definition) is 3. The van der Waals surface area contributed by atoms with Gasteiger partial charge in [0.25, 0.3) is 0 Å². The third-order valence-corrected chi connectivity index (χ3v) is 2.93. The van der Waals surface area contributed by atoms with E-state index in [1.54, 1.807) is 28.5 Å². The van der Waals surface area contributed by atoms with Crippen molar-refractivity contribution in [2.45, 2.75) is 26.2 Å². The molecule has 0 amide bonds. The van der Waals surface area contributed by atoms with Crippen LogP contribution in [0.4, 0.5) is 0 Å². The van der Waals surface area contributed by atoms with Crippen LogP contribution < -0.4 is 0 Å². The zero-order valence-electron chi connectivity index (χ0n) is 8.56. The maximum atomic E-state index is 4.15. The Morgan fingerprint density at radius 2 is 1.86 bits per heavy atom. The topological polar surface area (TPSA) is 30.7 Å². The Morgan fingerprint density at radius 3 is 2.43 bits per heavy atom. The molecule has 0 bridgehead atoms. The summed E-state index contributed by atoms with van der Waals surface area (Å²) >= 11 is 1.67. The first-order valence-electron chi connectivity index (χ1n) is 4.54. The predicted octanol–water partition coefficient (Wildman–Crippen LogP) is 2.63. The maximum Gasteiger partial charge on any atom is 0.142 e. The molecule has 74 valence electrons. The summed E-state index contributed by atoms with van der Waals surface area (Å²) in [6.07, 6.45) is 3.40. The van der Waals surface area contributed by atoms with E-state index in [-0.39, 0.29) is 5.41 Å². The largest absolute Gasteiger partial charge is 0.156 e. The molecule has 2 heterocycles. The maximum absolute atomic E-state index is 4.15. The second-order valence-corrected chi connectivity index (χ2v) is 5.10. The molecule has 0 radical (unpaired) electrons. The first-order chi connectivity index (χ1) is 6.59. The van der Waals surface area contributed by atoms with Gasteiger partial charge in [-0.1, -0.05) is 20.8 Å². The quantitative estimate of drug-likeness (QED) is 0.719. The number of rotatable bonds is 1. The zero-order valence-corrected chi connectivity index (χ0v) is 9.38. The van der Waals surface area contributed by atoms with Crippen LogP contribution in [0.2, 0.25) is 0 Å². The molecule has 0 spiro atoms. The third-order valence-electron chi connectivity index (χ3n) is 2.05. The van der Waals surface area contributed by atoms with E-state index in [4.69, 9.17) is 0 Å². The Morgan fingerprint density at radius 1 is 1.21 bits per heavy atom. The van der Waals surface area contributed by atoms with E-state index in [9.17, 15) is 0 Å². The van der Waals surface area contributed by atoms with Crippen LogP contribution in [0.15, 0.2) is 23.8 Å². The fourth-order valence-electron chi connectivity index (χ4n) is 1.35. The molecule has 0 N–H and O–H groups in total. The van der Waals surface area contributed by atoms with Gasteiger partial charge in [-0.25, -0.2) is 0 Å². The van der Waals surface area contributed by atoms with Crippen molar-refractivity contribution in [1.29, 1.82) is 0 Å². The second-order valence-electron chi connectivity index (χ2n) is 4.21. The smallest absolute Gasteiger partial charge is 0.142 e. The van der Waals surface area contributed by atoms with Gasteiger partial charge in [0.05, 0.1) is 12.4 Å². The van der Waals surface area contributed by atoms with Crippen molar-refractivity contribution in [3.8, 4) is 5.00 Å². The molecular formula is C10H13N3S. The van der Waals surface area contributed by atoms with Crippen LogP contribution in [0, 0.1) is 0 Å². The van der Waals surface area contributed by atoms with Crippen molar-refractivity contribution >= 4 is 11.3 Å². The highest BCUT2D eigenvalue weighted by Crippen LogP contribution is 2.31. The Bertz CT molecular complexity index is 409. The molecule has 4 heteroatoms. The first kappa shape index (κ1) is 9.40. The summed E-state index contributed by atoms with van der Waals surface area (Å²) in [5.74, 6) is 0. The molecule has 14 heavy (non-hydrogen) atoms. The average Bonchev–Trinajstić information content (AvgIpc) is 2.73. The van der Waals surface area contributed by atoms with Gasteiger partial charge in [-0.2, -0.15) is 10.2 Å². The van der Waals surface area contributed by atoms with Crippen molar-refractivity contribution in [3.63, 3.8) is 0 Å². The van der Waals surface area contributed by atoms with Crippen LogP contribution in [0.3, 0.4) is 0 Å². The van der Waals surface area contributed by atoms with Gasteiger partial charge in [0.2, 0.25) is 0 Å². The van der Waals surface area contributed by atoms with E-state index < -0.39 is 0 Å². The van der Waals surface area contributed by atoms with Gasteiger partial charge < -0.3 is 0 Å². The molecule has 3 nitrogen and oxygen atoms in total. The van der Waals surface area contributed by atoms with Gasteiger partial charge in [-0.3, -0.25) is 0 Å². The number of aromatic nitrogens is 3. The molecule has 0 unspecified atom stereocenters. The normalized spacial score (nSPS) is 11.9. The summed E-state index contributed by atoms with van der Waals surface area (Å²) in [4.78, 5) is 1.69. The number of thiophene rings is 1. The summed E-state index contributed by atoms with van der Waals surface area (Å²) < 4.78 is 0. The van der Waals surface area contributed by atoms with Gasteiger partial charge in [0.1, 0.15) is 5.00 Å². The van der Waals surface area contributed by atoms with E-state index in [0.29, 0.717) is 0 Å². The van der Waals surface area contributed by atoms with Crippen LogP contribution in [-0.2, 0) is 5.41 Å². The number of nitrogens with zero attached hydrogens (tertiary/aromatic N) is 3. The fraction of sp³-hybridized carbons (Fsp3) is 0.400. The minimum Gasteiger partial charge on any atom is -0.156 e. The van der Waals surface area contributed by atoms with Crippen LogP contribution in [0.5, 0.6) is 0 Å². The molecule has 0 aliphatic carbocycles. The molecule has 0 aromatic carbocycles. The Labute approximate surface area is 87.4 Å².